The fourth-order valence-corrected chi connectivity index (χ4v) is 3.22. The van der Waals surface area contributed by atoms with Gasteiger partial charge in [-0.1, -0.05) is 18.2 Å². The predicted octanol–water partition coefficient (Wildman–Crippen LogP) is 4.05. The first-order valence-electron chi connectivity index (χ1n) is 9.40. The molecule has 1 fully saturated rings. The van der Waals surface area contributed by atoms with Crippen LogP contribution in [0.5, 0.6) is 0 Å². The quantitative estimate of drug-likeness (QED) is 0.686. The fraction of sp³-hybridized carbons (Fsp3) is 0.182. The molecule has 2 aromatic carbocycles. The van der Waals surface area contributed by atoms with Gasteiger partial charge < -0.3 is 20.3 Å². The van der Waals surface area contributed by atoms with Crippen LogP contribution < -0.4 is 15.5 Å². The van der Waals surface area contributed by atoms with Crippen LogP contribution in [0.15, 0.2) is 67.0 Å². The molecule has 29 heavy (non-hydrogen) atoms. The largest absolute Gasteiger partial charge is 0.378 e. The monoisotopic (exact) mass is 392 g/mol. The molecule has 1 saturated heterocycles. The van der Waals surface area contributed by atoms with Gasteiger partial charge in [0.05, 0.1) is 42.0 Å². The number of benzene rings is 2. The second-order valence-electron chi connectivity index (χ2n) is 6.67. The normalized spacial score (nSPS) is 13.8. The lowest BCUT2D eigenvalue weighted by Gasteiger charge is -2.30. The third kappa shape index (κ3) is 4.70. The summed E-state index contributed by atoms with van der Waals surface area (Å²) in [6.45, 7) is 2.89. The number of ether oxygens (including phenoxy) is 1. The number of para-hydroxylation sites is 2. The average molecular weight is 392 g/mol. The van der Waals surface area contributed by atoms with Crippen LogP contribution in [-0.2, 0) is 4.74 Å². The number of morpholine rings is 1. The lowest BCUT2D eigenvalue weighted by atomic mass is 10.2. The van der Waals surface area contributed by atoms with Gasteiger partial charge in [-0.25, -0.2) is 4.39 Å². The van der Waals surface area contributed by atoms with E-state index in [1.807, 2.05) is 24.3 Å². The zero-order chi connectivity index (χ0) is 20.1. The van der Waals surface area contributed by atoms with Gasteiger partial charge in [-0.3, -0.25) is 9.78 Å². The van der Waals surface area contributed by atoms with Crippen molar-refractivity contribution in [2.75, 3.05) is 41.8 Å². The maximum Gasteiger partial charge on any atom is 0.257 e. The third-order valence-electron chi connectivity index (χ3n) is 4.62. The molecule has 1 aliphatic heterocycles. The van der Waals surface area contributed by atoms with Gasteiger partial charge in [0.15, 0.2) is 0 Å². The zero-order valence-electron chi connectivity index (χ0n) is 15.8. The predicted molar refractivity (Wildman–Crippen MR) is 111 cm³/mol. The van der Waals surface area contributed by atoms with Gasteiger partial charge in [-0.15, -0.1) is 0 Å². The van der Waals surface area contributed by atoms with E-state index in [-0.39, 0.29) is 11.7 Å². The lowest BCUT2D eigenvalue weighted by Crippen LogP contribution is -2.36. The van der Waals surface area contributed by atoms with Crippen molar-refractivity contribution in [2.24, 2.45) is 0 Å². The number of amides is 1. The number of anilines is 4. The van der Waals surface area contributed by atoms with Crippen molar-refractivity contribution in [3.63, 3.8) is 0 Å². The van der Waals surface area contributed by atoms with Gasteiger partial charge in [-0.05, 0) is 36.4 Å². The van der Waals surface area contributed by atoms with Crippen molar-refractivity contribution in [3.8, 4) is 0 Å². The Hall–Kier alpha value is -3.45. The second-order valence-corrected chi connectivity index (χ2v) is 6.67. The van der Waals surface area contributed by atoms with Crippen LogP contribution in [0.1, 0.15) is 10.4 Å². The van der Waals surface area contributed by atoms with Crippen LogP contribution in [0.4, 0.5) is 27.1 Å². The first-order valence-corrected chi connectivity index (χ1v) is 9.40. The van der Waals surface area contributed by atoms with Crippen molar-refractivity contribution < 1.29 is 13.9 Å². The number of halogens is 1. The molecule has 1 aromatic heterocycles. The van der Waals surface area contributed by atoms with Gasteiger partial charge >= 0.3 is 0 Å². The number of pyridine rings is 1. The number of nitrogens with one attached hydrogen (secondary N) is 2. The standard InChI is InChI=1S/C22H21FN4O2/c23-17-4-3-5-18(13-17)25-19-12-16(14-24-15-19)22(28)26-20-6-1-2-7-21(20)27-8-10-29-11-9-27/h1-7,12-15,25H,8-11H2,(H,26,28). The third-order valence-corrected chi connectivity index (χ3v) is 4.62. The molecule has 7 heteroatoms. The first kappa shape index (κ1) is 18.9. The molecule has 1 aliphatic rings. The Morgan fingerprint density at radius 1 is 1.00 bits per heavy atom. The molecule has 2 heterocycles. The molecule has 2 N–H and O–H groups in total. The van der Waals surface area contributed by atoms with Crippen LogP contribution in [0.3, 0.4) is 0 Å². The van der Waals surface area contributed by atoms with E-state index in [9.17, 15) is 9.18 Å². The Balaban J connectivity index is 1.51. The highest BCUT2D eigenvalue weighted by Crippen LogP contribution is 2.27. The van der Waals surface area contributed by atoms with Crippen LogP contribution >= 0.6 is 0 Å². The van der Waals surface area contributed by atoms with Gasteiger partial charge in [0.25, 0.3) is 5.91 Å². The molecule has 0 atom stereocenters. The van der Waals surface area contributed by atoms with Crippen molar-refractivity contribution in [1.82, 2.24) is 4.98 Å². The van der Waals surface area contributed by atoms with Crippen LogP contribution in [0.2, 0.25) is 0 Å². The highest BCUT2D eigenvalue weighted by Gasteiger charge is 2.16. The van der Waals surface area contributed by atoms with E-state index < -0.39 is 0 Å². The van der Waals surface area contributed by atoms with Gasteiger partial charge in [-0.2, -0.15) is 0 Å². The Bertz CT molecular complexity index is 1010. The molecule has 1 amide bonds. The smallest absolute Gasteiger partial charge is 0.257 e. The Kier molecular flexibility index (Phi) is 5.67. The van der Waals surface area contributed by atoms with Crippen molar-refractivity contribution >= 4 is 28.7 Å². The molecule has 148 valence electrons. The number of carbonyl (C=O) groups is 1. The molecule has 4 rings (SSSR count). The molecule has 0 bridgehead atoms. The molecule has 0 spiro atoms. The molecule has 0 aliphatic carbocycles. The molecule has 0 radical (unpaired) electrons. The minimum Gasteiger partial charge on any atom is -0.378 e. The van der Waals surface area contributed by atoms with Gasteiger partial charge in [0, 0.05) is 25.0 Å². The highest BCUT2D eigenvalue weighted by molar-refractivity contribution is 6.06. The number of nitrogens with zero attached hydrogens (tertiary/aromatic N) is 2. The summed E-state index contributed by atoms with van der Waals surface area (Å²) < 4.78 is 18.8. The summed E-state index contributed by atoms with van der Waals surface area (Å²) in [6.07, 6.45) is 3.09. The van der Waals surface area contributed by atoms with Crippen molar-refractivity contribution in [1.29, 1.82) is 0 Å². The highest BCUT2D eigenvalue weighted by atomic mass is 19.1. The van der Waals surface area contributed by atoms with E-state index in [1.165, 1.54) is 18.3 Å². The summed E-state index contributed by atoms with van der Waals surface area (Å²) in [4.78, 5) is 19.2. The van der Waals surface area contributed by atoms with Crippen molar-refractivity contribution in [2.45, 2.75) is 0 Å². The minimum absolute atomic E-state index is 0.263. The Morgan fingerprint density at radius 3 is 2.66 bits per heavy atom. The maximum atomic E-state index is 13.4. The summed E-state index contributed by atoms with van der Waals surface area (Å²) >= 11 is 0. The summed E-state index contributed by atoms with van der Waals surface area (Å²) in [5, 5.41) is 6.04. The Labute approximate surface area is 168 Å². The van der Waals surface area contributed by atoms with Crippen LogP contribution in [0, 0.1) is 5.82 Å². The fourth-order valence-electron chi connectivity index (χ4n) is 3.22. The van der Waals surface area contributed by atoms with Gasteiger partial charge in [0.1, 0.15) is 5.82 Å². The molecule has 0 unspecified atom stereocenters. The van der Waals surface area contributed by atoms with Crippen molar-refractivity contribution in [3.05, 3.63) is 78.4 Å². The van der Waals surface area contributed by atoms with Crippen LogP contribution in [0.25, 0.3) is 0 Å². The lowest BCUT2D eigenvalue weighted by molar-refractivity contribution is 0.102. The molecule has 6 nitrogen and oxygen atoms in total. The SMILES string of the molecule is O=C(Nc1ccccc1N1CCOCC1)c1cncc(Nc2cccc(F)c2)c1. The molecule has 0 saturated carbocycles. The zero-order valence-corrected chi connectivity index (χ0v) is 15.8. The first-order chi connectivity index (χ1) is 14.2. The Morgan fingerprint density at radius 2 is 1.83 bits per heavy atom. The average Bonchev–Trinajstić information content (AvgIpc) is 2.75. The van der Waals surface area contributed by atoms with E-state index in [0.717, 1.165) is 24.5 Å². The van der Waals surface area contributed by atoms with E-state index in [0.29, 0.717) is 30.2 Å². The molecular weight excluding hydrogens is 371 g/mol. The summed E-state index contributed by atoms with van der Waals surface area (Å²) in [7, 11) is 0. The van der Waals surface area contributed by atoms with E-state index in [4.69, 9.17) is 4.74 Å². The number of hydrogen-bond donors (Lipinski definition) is 2. The number of rotatable bonds is 5. The number of carbonyl (C=O) groups excluding carboxylic acids is 1. The number of hydrogen-bond acceptors (Lipinski definition) is 5. The second kappa shape index (κ2) is 8.70. The number of aromatic nitrogens is 1. The summed E-state index contributed by atoms with van der Waals surface area (Å²) in [5.41, 5.74) is 3.30. The van der Waals surface area contributed by atoms with Crippen LogP contribution in [-0.4, -0.2) is 37.2 Å². The topological polar surface area (TPSA) is 66.5 Å². The molecular formula is C22H21FN4O2. The van der Waals surface area contributed by atoms with E-state index >= 15 is 0 Å². The summed E-state index contributed by atoms with van der Waals surface area (Å²) in [6, 6.07) is 15.5. The van der Waals surface area contributed by atoms with Gasteiger partial charge in [0.2, 0.25) is 0 Å². The van der Waals surface area contributed by atoms with E-state index in [1.54, 1.807) is 24.4 Å². The van der Waals surface area contributed by atoms with E-state index in [2.05, 4.69) is 20.5 Å². The maximum absolute atomic E-state index is 13.4. The molecule has 3 aromatic rings. The summed E-state index contributed by atoms with van der Waals surface area (Å²) in [5.74, 6) is -0.599. The minimum atomic E-state index is -0.337.